The second-order valence-corrected chi connectivity index (χ2v) is 17.4. The smallest absolute Gasteiger partial charge is 0.351 e. The predicted octanol–water partition coefficient (Wildman–Crippen LogP) is 2.72. The molecule has 0 saturated carbocycles. The molecular formula is C19H37N3O5Si2. The summed E-state index contributed by atoms with van der Waals surface area (Å²) in [6.45, 7) is 12.7. The van der Waals surface area contributed by atoms with E-state index in [1.165, 1.54) is 4.57 Å². The van der Waals surface area contributed by atoms with Crippen LogP contribution in [0.2, 0.25) is 37.3 Å². The number of hydrogen-bond acceptors (Lipinski definition) is 7. The van der Waals surface area contributed by atoms with E-state index in [9.17, 15) is 9.90 Å². The van der Waals surface area contributed by atoms with Crippen LogP contribution in [-0.4, -0.2) is 56.2 Å². The molecule has 3 N–H and O–H groups in total. The Morgan fingerprint density at radius 1 is 1.10 bits per heavy atom. The van der Waals surface area contributed by atoms with Crippen molar-refractivity contribution in [3.8, 4) is 0 Å². The zero-order valence-electron chi connectivity index (χ0n) is 18.6. The largest absolute Gasteiger partial charge is 0.409 e. The van der Waals surface area contributed by atoms with Crippen molar-refractivity contribution in [1.82, 2.24) is 9.55 Å². The predicted molar refractivity (Wildman–Crippen MR) is 119 cm³/mol. The van der Waals surface area contributed by atoms with Gasteiger partial charge in [-0.15, -0.1) is 0 Å². The Hall–Kier alpha value is -1.05. The zero-order chi connectivity index (χ0) is 21.8. The van der Waals surface area contributed by atoms with Gasteiger partial charge in [-0.05, 0) is 43.3 Å². The van der Waals surface area contributed by atoms with Crippen molar-refractivity contribution in [2.45, 2.75) is 89.5 Å². The molecule has 0 spiro atoms. The Morgan fingerprint density at radius 2 is 1.62 bits per heavy atom. The van der Waals surface area contributed by atoms with E-state index < -0.39 is 46.9 Å². The molecule has 4 atom stereocenters. The van der Waals surface area contributed by atoms with Gasteiger partial charge in [0.2, 0.25) is 0 Å². The number of nitrogens with zero attached hydrogens (tertiary/aromatic N) is 2. The minimum absolute atomic E-state index is 0.159. The first-order valence-electron chi connectivity index (χ1n) is 10.6. The molecule has 4 unspecified atom stereocenters. The number of nitrogens with two attached hydrogens (primary N) is 1. The lowest BCUT2D eigenvalue weighted by Crippen LogP contribution is -2.51. The SMILES string of the molecule is CC[Si](C)(CC)OC1C(CO)OC(n2ccc(N)nc2=O)C1O[Si](C)(CC)CC. The number of aliphatic hydroxyl groups excluding tert-OH is 1. The maximum absolute atomic E-state index is 12.5. The van der Waals surface area contributed by atoms with E-state index in [0.717, 1.165) is 24.2 Å². The van der Waals surface area contributed by atoms with Crippen molar-refractivity contribution in [2.24, 2.45) is 0 Å². The third-order valence-electron chi connectivity index (χ3n) is 6.42. The van der Waals surface area contributed by atoms with Crippen molar-refractivity contribution >= 4 is 22.5 Å². The quantitative estimate of drug-likeness (QED) is 0.535. The standard InChI is InChI=1S/C19H37N3O5Si2/c1-7-28(5,8-2)26-16-14(13-23)25-18(17(16)27-29(6,9-3)10-4)22-12-11-15(20)21-19(22)24/h11-12,14,16-18,23H,7-10,13H2,1-6H3,(H2,20,21,24). The van der Waals surface area contributed by atoms with Gasteiger partial charge < -0.3 is 24.4 Å². The van der Waals surface area contributed by atoms with Crippen LogP contribution in [0.25, 0.3) is 0 Å². The molecular weight excluding hydrogens is 406 g/mol. The molecule has 166 valence electrons. The molecule has 29 heavy (non-hydrogen) atoms. The van der Waals surface area contributed by atoms with Gasteiger partial charge in [-0.2, -0.15) is 4.98 Å². The Kier molecular flexibility index (Phi) is 8.22. The Morgan fingerprint density at radius 3 is 2.07 bits per heavy atom. The van der Waals surface area contributed by atoms with Crippen LogP contribution in [0.15, 0.2) is 17.1 Å². The first-order chi connectivity index (χ1) is 13.7. The van der Waals surface area contributed by atoms with Gasteiger partial charge in [-0.1, -0.05) is 27.7 Å². The first-order valence-corrected chi connectivity index (χ1v) is 16.3. The molecule has 1 aliphatic heterocycles. The van der Waals surface area contributed by atoms with E-state index in [-0.39, 0.29) is 12.4 Å². The van der Waals surface area contributed by atoms with Crippen molar-refractivity contribution in [3.05, 3.63) is 22.7 Å². The van der Waals surface area contributed by atoms with Crippen LogP contribution in [0, 0.1) is 0 Å². The van der Waals surface area contributed by atoms with Gasteiger partial charge in [-0.3, -0.25) is 4.57 Å². The molecule has 1 saturated heterocycles. The topological polar surface area (TPSA) is 109 Å². The summed E-state index contributed by atoms with van der Waals surface area (Å²) in [5.41, 5.74) is 5.16. The molecule has 1 aromatic heterocycles. The normalized spacial score (nSPS) is 25.5. The van der Waals surface area contributed by atoms with Crippen LogP contribution in [0.4, 0.5) is 5.82 Å². The maximum Gasteiger partial charge on any atom is 0.351 e. The summed E-state index contributed by atoms with van der Waals surface area (Å²) in [5.74, 6) is 0.159. The summed E-state index contributed by atoms with van der Waals surface area (Å²) in [6.07, 6.45) is -0.621. The summed E-state index contributed by atoms with van der Waals surface area (Å²) in [6, 6.07) is 5.35. The molecule has 0 bridgehead atoms. The lowest BCUT2D eigenvalue weighted by Gasteiger charge is -2.37. The molecule has 0 aliphatic carbocycles. The average Bonchev–Trinajstić information content (AvgIpc) is 3.04. The Labute approximate surface area is 175 Å². The number of aliphatic hydroxyl groups is 1. The van der Waals surface area contributed by atoms with Gasteiger partial charge in [0, 0.05) is 6.20 Å². The average molecular weight is 444 g/mol. The molecule has 0 aromatic carbocycles. The van der Waals surface area contributed by atoms with Crippen LogP contribution in [-0.2, 0) is 13.6 Å². The highest BCUT2D eigenvalue weighted by molar-refractivity contribution is 6.73. The fraction of sp³-hybridized carbons (Fsp3) is 0.789. The van der Waals surface area contributed by atoms with Crippen LogP contribution in [0.5, 0.6) is 0 Å². The van der Waals surface area contributed by atoms with Gasteiger partial charge >= 0.3 is 5.69 Å². The summed E-state index contributed by atoms with van der Waals surface area (Å²) >= 11 is 0. The molecule has 0 amide bonds. The third kappa shape index (κ3) is 5.36. The first kappa shape index (κ1) is 24.2. The van der Waals surface area contributed by atoms with E-state index >= 15 is 0 Å². The molecule has 1 fully saturated rings. The molecule has 1 aliphatic rings. The molecule has 0 radical (unpaired) electrons. The number of rotatable bonds is 10. The van der Waals surface area contributed by atoms with Gasteiger partial charge in [0.25, 0.3) is 0 Å². The van der Waals surface area contributed by atoms with E-state index in [4.69, 9.17) is 19.3 Å². The molecule has 8 nitrogen and oxygen atoms in total. The molecule has 2 heterocycles. The maximum atomic E-state index is 12.5. The number of anilines is 1. The van der Waals surface area contributed by atoms with E-state index in [1.807, 2.05) is 0 Å². The molecule has 2 rings (SSSR count). The second-order valence-electron chi connectivity index (χ2n) is 8.27. The Balaban J connectivity index is 2.50. The Bertz CT molecular complexity index is 724. The highest BCUT2D eigenvalue weighted by Gasteiger charge is 2.51. The number of ether oxygens (including phenoxy) is 1. The number of nitrogen functional groups attached to an aromatic ring is 1. The fourth-order valence-corrected chi connectivity index (χ4v) is 6.97. The van der Waals surface area contributed by atoms with E-state index in [2.05, 4.69) is 45.8 Å². The van der Waals surface area contributed by atoms with Gasteiger partial charge in [0.05, 0.1) is 6.61 Å². The number of hydrogen-bond donors (Lipinski definition) is 2. The minimum atomic E-state index is -2.03. The minimum Gasteiger partial charge on any atom is -0.409 e. The van der Waals surface area contributed by atoms with Gasteiger partial charge in [0.1, 0.15) is 24.1 Å². The zero-order valence-corrected chi connectivity index (χ0v) is 20.6. The summed E-state index contributed by atoms with van der Waals surface area (Å²) < 4.78 is 20.9. The lowest BCUT2D eigenvalue weighted by molar-refractivity contribution is -0.0525. The van der Waals surface area contributed by atoms with Gasteiger partial charge in [-0.25, -0.2) is 4.79 Å². The van der Waals surface area contributed by atoms with E-state index in [0.29, 0.717) is 0 Å². The van der Waals surface area contributed by atoms with Crippen molar-refractivity contribution in [3.63, 3.8) is 0 Å². The number of aromatic nitrogens is 2. The molecule has 10 heteroatoms. The van der Waals surface area contributed by atoms with Crippen LogP contribution < -0.4 is 11.4 Å². The monoisotopic (exact) mass is 443 g/mol. The van der Waals surface area contributed by atoms with Crippen molar-refractivity contribution < 1.29 is 18.7 Å². The van der Waals surface area contributed by atoms with E-state index in [1.54, 1.807) is 12.3 Å². The fourth-order valence-electron chi connectivity index (χ4n) is 3.46. The highest BCUT2D eigenvalue weighted by Crippen LogP contribution is 2.38. The summed E-state index contributed by atoms with van der Waals surface area (Å²) in [7, 11) is -4.02. The highest BCUT2D eigenvalue weighted by atomic mass is 28.4. The van der Waals surface area contributed by atoms with Crippen LogP contribution in [0.3, 0.4) is 0 Å². The van der Waals surface area contributed by atoms with Crippen molar-refractivity contribution in [2.75, 3.05) is 12.3 Å². The van der Waals surface area contributed by atoms with Crippen molar-refractivity contribution in [1.29, 1.82) is 0 Å². The lowest BCUT2D eigenvalue weighted by atomic mass is 10.1. The van der Waals surface area contributed by atoms with Crippen LogP contribution >= 0.6 is 0 Å². The second kappa shape index (κ2) is 9.84. The van der Waals surface area contributed by atoms with Gasteiger partial charge in [0.15, 0.2) is 22.9 Å². The third-order valence-corrected chi connectivity index (χ3v) is 14.1. The molecule has 1 aromatic rings. The van der Waals surface area contributed by atoms with Crippen LogP contribution in [0.1, 0.15) is 33.9 Å². The summed E-state index contributed by atoms with van der Waals surface area (Å²) in [5, 5.41) is 10.0. The summed E-state index contributed by atoms with van der Waals surface area (Å²) in [4.78, 5) is 16.4.